The zero-order valence-electron chi connectivity index (χ0n) is 9.41. The molecular formula is C12H15N3OS. The lowest BCUT2D eigenvalue weighted by Gasteiger charge is -2.07. The van der Waals surface area contributed by atoms with E-state index in [0.717, 1.165) is 21.7 Å². The molecule has 1 atom stereocenters. The molecule has 0 bridgehead atoms. The average molecular weight is 249 g/mol. The quantitative estimate of drug-likeness (QED) is 0.619. The zero-order valence-corrected chi connectivity index (χ0v) is 10.2. The van der Waals surface area contributed by atoms with E-state index in [4.69, 9.17) is 5.73 Å². The highest BCUT2D eigenvalue weighted by atomic mass is 32.2. The highest BCUT2D eigenvalue weighted by molar-refractivity contribution is 7.99. The third kappa shape index (κ3) is 3.15. The van der Waals surface area contributed by atoms with E-state index in [-0.39, 0.29) is 0 Å². The fourth-order valence-electron chi connectivity index (χ4n) is 1.50. The lowest BCUT2D eigenvalue weighted by molar-refractivity contribution is 0.180. The molecule has 0 radical (unpaired) electrons. The van der Waals surface area contributed by atoms with Crippen LogP contribution < -0.4 is 5.73 Å². The molecule has 2 rings (SSSR count). The molecule has 0 aliphatic carbocycles. The first-order valence-electron chi connectivity index (χ1n) is 5.52. The van der Waals surface area contributed by atoms with Crippen LogP contribution in [0.1, 0.15) is 6.42 Å². The molecule has 2 aromatic rings. The Labute approximate surface area is 104 Å². The van der Waals surface area contributed by atoms with Crippen molar-refractivity contribution in [2.75, 3.05) is 12.3 Å². The first-order chi connectivity index (χ1) is 8.31. The minimum atomic E-state index is -0.421. The number of aromatic nitrogens is 2. The average Bonchev–Trinajstić information content (AvgIpc) is 2.39. The molecule has 0 amide bonds. The summed E-state index contributed by atoms with van der Waals surface area (Å²) in [5.74, 6) is 0.805. The van der Waals surface area contributed by atoms with E-state index < -0.39 is 6.10 Å². The van der Waals surface area contributed by atoms with E-state index in [9.17, 15) is 5.11 Å². The summed E-state index contributed by atoms with van der Waals surface area (Å²) < 4.78 is 0. The highest BCUT2D eigenvalue weighted by Crippen LogP contribution is 2.24. The standard InChI is InChI=1S/C12H15N3OS/c13-7-9(16)5-6-17-12-10-3-1-2-4-11(10)14-8-15-12/h1-4,8-9,16H,5-7,13H2. The molecule has 1 aromatic carbocycles. The smallest absolute Gasteiger partial charge is 0.117 e. The summed E-state index contributed by atoms with van der Waals surface area (Å²) in [5, 5.41) is 11.4. The van der Waals surface area contributed by atoms with Crippen molar-refractivity contribution in [3.05, 3.63) is 30.6 Å². The second kappa shape index (κ2) is 5.95. The number of hydrogen-bond donors (Lipinski definition) is 2. The molecule has 4 nitrogen and oxygen atoms in total. The summed E-state index contributed by atoms with van der Waals surface area (Å²) in [6.45, 7) is 0.311. The van der Waals surface area contributed by atoms with Crippen molar-refractivity contribution in [1.29, 1.82) is 0 Å². The molecule has 0 aliphatic rings. The van der Waals surface area contributed by atoms with Gasteiger partial charge in [-0.3, -0.25) is 0 Å². The van der Waals surface area contributed by atoms with Crippen LogP contribution in [-0.2, 0) is 0 Å². The van der Waals surface area contributed by atoms with Crippen LogP contribution in [0.3, 0.4) is 0 Å². The second-order valence-corrected chi connectivity index (χ2v) is 4.81. The third-order valence-electron chi connectivity index (χ3n) is 2.47. The van der Waals surface area contributed by atoms with E-state index in [1.807, 2.05) is 24.3 Å². The number of thioether (sulfide) groups is 1. The largest absolute Gasteiger partial charge is 0.392 e. The molecule has 3 N–H and O–H groups in total. The van der Waals surface area contributed by atoms with Gasteiger partial charge in [0.2, 0.25) is 0 Å². The molecule has 1 unspecified atom stereocenters. The molecule has 0 spiro atoms. The zero-order chi connectivity index (χ0) is 12.1. The number of aliphatic hydroxyl groups is 1. The van der Waals surface area contributed by atoms with Gasteiger partial charge < -0.3 is 10.8 Å². The fourth-order valence-corrected chi connectivity index (χ4v) is 2.54. The van der Waals surface area contributed by atoms with Crippen LogP contribution in [0.5, 0.6) is 0 Å². The molecule has 17 heavy (non-hydrogen) atoms. The number of benzene rings is 1. The minimum Gasteiger partial charge on any atom is -0.392 e. The summed E-state index contributed by atoms with van der Waals surface area (Å²) in [4.78, 5) is 8.48. The molecule has 0 fully saturated rings. The van der Waals surface area contributed by atoms with Gasteiger partial charge in [-0.05, 0) is 12.5 Å². The SMILES string of the molecule is NCC(O)CCSc1ncnc2ccccc12. The third-order valence-corrected chi connectivity index (χ3v) is 3.51. The minimum absolute atomic E-state index is 0.311. The lowest BCUT2D eigenvalue weighted by Crippen LogP contribution is -2.20. The fraction of sp³-hybridized carbons (Fsp3) is 0.333. The molecule has 1 aromatic heterocycles. The van der Waals surface area contributed by atoms with E-state index in [2.05, 4.69) is 9.97 Å². The Hall–Kier alpha value is -1.17. The van der Waals surface area contributed by atoms with Gasteiger partial charge in [0, 0.05) is 17.7 Å². The Bertz CT molecular complexity index is 487. The van der Waals surface area contributed by atoms with Crippen LogP contribution in [0.15, 0.2) is 35.6 Å². The van der Waals surface area contributed by atoms with Crippen LogP contribution in [0.4, 0.5) is 0 Å². The van der Waals surface area contributed by atoms with E-state index in [1.165, 1.54) is 0 Å². The van der Waals surface area contributed by atoms with E-state index in [1.54, 1.807) is 18.1 Å². The normalized spacial score (nSPS) is 12.8. The van der Waals surface area contributed by atoms with Gasteiger partial charge in [0.15, 0.2) is 0 Å². The summed E-state index contributed by atoms with van der Waals surface area (Å²) in [7, 11) is 0. The Balaban J connectivity index is 2.08. The van der Waals surface area contributed by atoms with Crippen molar-refractivity contribution in [3.8, 4) is 0 Å². The summed E-state index contributed by atoms with van der Waals surface area (Å²) >= 11 is 1.63. The van der Waals surface area contributed by atoms with Crippen molar-refractivity contribution in [2.45, 2.75) is 17.6 Å². The van der Waals surface area contributed by atoms with Gasteiger partial charge in [0.1, 0.15) is 11.4 Å². The van der Waals surface area contributed by atoms with E-state index >= 15 is 0 Å². The maximum atomic E-state index is 9.38. The Morgan fingerprint density at radius 3 is 2.94 bits per heavy atom. The number of nitrogens with zero attached hydrogens (tertiary/aromatic N) is 2. The van der Waals surface area contributed by atoms with Gasteiger partial charge in [0.25, 0.3) is 0 Å². The Kier molecular flexibility index (Phi) is 4.30. The first kappa shape index (κ1) is 12.3. The number of rotatable bonds is 5. The molecular weight excluding hydrogens is 234 g/mol. The van der Waals surface area contributed by atoms with Crippen LogP contribution in [0, 0.1) is 0 Å². The number of aliphatic hydroxyl groups excluding tert-OH is 1. The van der Waals surface area contributed by atoms with Crippen LogP contribution in [0.2, 0.25) is 0 Å². The van der Waals surface area contributed by atoms with Gasteiger partial charge in [-0.2, -0.15) is 0 Å². The highest BCUT2D eigenvalue weighted by Gasteiger charge is 2.05. The molecule has 0 saturated heterocycles. The molecule has 5 heteroatoms. The molecule has 90 valence electrons. The van der Waals surface area contributed by atoms with E-state index in [0.29, 0.717) is 13.0 Å². The number of fused-ring (bicyclic) bond motifs is 1. The number of nitrogens with two attached hydrogens (primary N) is 1. The molecule has 0 saturated carbocycles. The van der Waals surface area contributed by atoms with Gasteiger partial charge in [0.05, 0.1) is 11.6 Å². The number of para-hydroxylation sites is 1. The summed E-state index contributed by atoms with van der Waals surface area (Å²) in [5.41, 5.74) is 6.31. The Morgan fingerprint density at radius 2 is 2.12 bits per heavy atom. The monoisotopic (exact) mass is 249 g/mol. The summed E-state index contributed by atoms with van der Waals surface area (Å²) in [6.07, 6.45) is 1.83. The van der Waals surface area contributed by atoms with Crippen molar-refractivity contribution in [3.63, 3.8) is 0 Å². The molecule has 0 aliphatic heterocycles. The van der Waals surface area contributed by atoms with Crippen LogP contribution >= 0.6 is 11.8 Å². The van der Waals surface area contributed by atoms with Crippen molar-refractivity contribution in [1.82, 2.24) is 9.97 Å². The van der Waals surface area contributed by atoms with Crippen molar-refractivity contribution in [2.24, 2.45) is 5.73 Å². The molecule has 1 heterocycles. The van der Waals surface area contributed by atoms with Crippen molar-refractivity contribution < 1.29 is 5.11 Å². The van der Waals surface area contributed by atoms with Crippen LogP contribution in [-0.4, -0.2) is 33.5 Å². The summed E-state index contributed by atoms with van der Waals surface area (Å²) in [6, 6.07) is 7.92. The van der Waals surface area contributed by atoms with Gasteiger partial charge in [-0.25, -0.2) is 9.97 Å². The van der Waals surface area contributed by atoms with Gasteiger partial charge >= 0.3 is 0 Å². The predicted molar refractivity (Wildman–Crippen MR) is 69.9 cm³/mol. The lowest BCUT2D eigenvalue weighted by atomic mass is 10.2. The Morgan fingerprint density at radius 1 is 1.29 bits per heavy atom. The first-order valence-corrected chi connectivity index (χ1v) is 6.50. The van der Waals surface area contributed by atoms with Gasteiger partial charge in [-0.15, -0.1) is 11.8 Å². The van der Waals surface area contributed by atoms with Gasteiger partial charge in [-0.1, -0.05) is 18.2 Å². The van der Waals surface area contributed by atoms with Crippen LogP contribution in [0.25, 0.3) is 10.9 Å². The van der Waals surface area contributed by atoms with Crippen molar-refractivity contribution >= 4 is 22.7 Å². The topological polar surface area (TPSA) is 72.0 Å². The second-order valence-electron chi connectivity index (χ2n) is 3.72. The maximum Gasteiger partial charge on any atom is 0.117 e. The maximum absolute atomic E-state index is 9.38. The predicted octanol–water partition coefficient (Wildman–Crippen LogP) is 1.43. The number of hydrogen-bond acceptors (Lipinski definition) is 5.